The Morgan fingerprint density at radius 3 is 2.12 bits per heavy atom. The molecule has 0 aliphatic heterocycles. The van der Waals surface area contributed by atoms with E-state index in [9.17, 15) is 9.90 Å². The highest BCUT2D eigenvalue weighted by Crippen LogP contribution is 2.19. The Balaban J connectivity index is 1.82. The Bertz CT molecular complexity index is 865. The second-order valence-electron chi connectivity index (χ2n) is 6.19. The molecule has 3 rings (SSSR count). The molecule has 1 aromatic heterocycles. The van der Waals surface area contributed by atoms with Crippen molar-refractivity contribution in [3.63, 3.8) is 0 Å². The topological polar surface area (TPSA) is 67.2 Å². The third kappa shape index (κ3) is 4.07. The standard InChI is InChI=1S/C20H21N3O2/c1-14-3-7-16(8-4-14)11-21-19-18(20(24)25)12-22-23(19)13-17-9-5-15(2)6-10-17/h3-10,12,21H,11,13H2,1-2H3,(H,24,25). The van der Waals surface area contributed by atoms with Gasteiger partial charge in [-0.2, -0.15) is 5.10 Å². The van der Waals surface area contributed by atoms with Crippen molar-refractivity contribution in [1.82, 2.24) is 9.78 Å². The van der Waals surface area contributed by atoms with Crippen LogP contribution in [0.15, 0.2) is 54.7 Å². The maximum absolute atomic E-state index is 11.5. The molecule has 0 bridgehead atoms. The van der Waals surface area contributed by atoms with E-state index in [0.717, 1.165) is 11.1 Å². The number of aryl methyl sites for hydroxylation is 2. The molecule has 2 aromatic carbocycles. The monoisotopic (exact) mass is 335 g/mol. The minimum Gasteiger partial charge on any atom is -0.477 e. The average molecular weight is 335 g/mol. The van der Waals surface area contributed by atoms with E-state index in [-0.39, 0.29) is 5.56 Å². The number of nitrogens with zero attached hydrogens (tertiary/aromatic N) is 2. The number of hydrogen-bond donors (Lipinski definition) is 2. The number of aromatic nitrogens is 2. The Kier molecular flexibility index (Phi) is 4.84. The molecule has 0 saturated carbocycles. The SMILES string of the molecule is Cc1ccc(CNc2c(C(=O)O)cnn2Cc2ccc(C)cc2)cc1. The van der Waals surface area contributed by atoms with Gasteiger partial charge in [-0.05, 0) is 25.0 Å². The van der Waals surface area contributed by atoms with Gasteiger partial charge in [0, 0.05) is 6.54 Å². The molecule has 128 valence electrons. The second kappa shape index (κ2) is 7.21. The Morgan fingerprint density at radius 1 is 1.00 bits per heavy atom. The van der Waals surface area contributed by atoms with E-state index in [2.05, 4.69) is 10.4 Å². The summed E-state index contributed by atoms with van der Waals surface area (Å²) in [6.45, 7) is 5.13. The van der Waals surface area contributed by atoms with Crippen molar-refractivity contribution in [2.45, 2.75) is 26.9 Å². The molecule has 3 aromatic rings. The number of anilines is 1. The van der Waals surface area contributed by atoms with Crippen molar-refractivity contribution >= 4 is 11.8 Å². The number of benzene rings is 2. The highest BCUT2D eigenvalue weighted by atomic mass is 16.4. The first kappa shape index (κ1) is 16.8. The van der Waals surface area contributed by atoms with Crippen LogP contribution in [0.5, 0.6) is 0 Å². The maximum atomic E-state index is 11.5. The number of rotatable bonds is 6. The zero-order valence-electron chi connectivity index (χ0n) is 14.4. The summed E-state index contributed by atoms with van der Waals surface area (Å²) in [7, 11) is 0. The summed E-state index contributed by atoms with van der Waals surface area (Å²) in [6.07, 6.45) is 1.40. The molecule has 0 fully saturated rings. The van der Waals surface area contributed by atoms with Crippen LogP contribution in [-0.4, -0.2) is 20.9 Å². The molecular weight excluding hydrogens is 314 g/mol. The zero-order valence-corrected chi connectivity index (χ0v) is 14.4. The molecule has 25 heavy (non-hydrogen) atoms. The lowest BCUT2D eigenvalue weighted by molar-refractivity contribution is 0.0698. The van der Waals surface area contributed by atoms with E-state index in [1.807, 2.05) is 62.4 Å². The molecule has 0 aliphatic carbocycles. The molecule has 0 amide bonds. The molecular formula is C20H21N3O2. The van der Waals surface area contributed by atoms with Gasteiger partial charge in [-0.1, -0.05) is 59.7 Å². The van der Waals surface area contributed by atoms with E-state index in [4.69, 9.17) is 0 Å². The van der Waals surface area contributed by atoms with Gasteiger partial charge >= 0.3 is 5.97 Å². The van der Waals surface area contributed by atoms with Crippen molar-refractivity contribution in [3.05, 3.63) is 82.5 Å². The fourth-order valence-corrected chi connectivity index (χ4v) is 2.61. The van der Waals surface area contributed by atoms with Crippen LogP contribution in [0.3, 0.4) is 0 Å². The molecule has 0 atom stereocenters. The first-order chi connectivity index (χ1) is 12.0. The van der Waals surface area contributed by atoms with Crippen LogP contribution in [0.1, 0.15) is 32.6 Å². The van der Waals surface area contributed by atoms with Crippen molar-refractivity contribution < 1.29 is 9.90 Å². The van der Waals surface area contributed by atoms with Crippen LogP contribution in [0, 0.1) is 13.8 Å². The first-order valence-electron chi connectivity index (χ1n) is 8.17. The number of carbonyl (C=O) groups is 1. The van der Waals surface area contributed by atoms with E-state index in [1.165, 1.54) is 17.3 Å². The molecule has 0 unspecified atom stereocenters. The predicted molar refractivity (Wildman–Crippen MR) is 98.0 cm³/mol. The lowest BCUT2D eigenvalue weighted by atomic mass is 10.1. The van der Waals surface area contributed by atoms with Crippen LogP contribution in [0.2, 0.25) is 0 Å². The Hall–Kier alpha value is -3.08. The minimum atomic E-state index is -0.985. The summed E-state index contributed by atoms with van der Waals surface area (Å²) >= 11 is 0. The van der Waals surface area contributed by atoms with Crippen molar-refractivity contribution in [2.24, 2.45) is 0 Å². The fraction of sp³-hybridized carbons (Fsp3) is 0.200. The molecule has 0 aliphatic rings. The van der Waals surface area contributed by atoms with Crippen LogP contribution in [-0.2, 0) is 13.1 Å². The van der Waals surface area contributed by atoms with Gasteiger partial charge in [-0.3, -0.25) is 0 Å². The van der Waals surface area contributed by atoms with Gasteiger partial charge in [0.25, 0.3) is 0 Å². The zero-order chi connectivity index (χ0) is 17.8. The van der Waals surface area contributed by atoms with Gasteiger partial charge in [0.05, 0.1) is 12.7 Å². The number of aromatic carboxylic acids is 1. The minimum absolute atomic E-state index is 0.180. The first-order valence-corrected chi connectivity index (χ1v) is 8.17. The lowest BCUT2D eigenvalue weighted by Gasteiger charge is -2.12. The summed E-state index contributed by atoms with van der Waals surface area (Å²) in [6, 6.07) is 16.3. The maximum Gasteiger partial charge on any atom is 0.341 e. The Morgan fingerprint density at radius 2 is 1.56 bits per heavy atom. The number of nitrogens with one attached hydrogen (secondary N) is 1. The summed E-state index contributed by atoms with van der Waals surface area (Å²) in [5, 5.41) is 16.9. The summed E-state index contributed by atoms with van der Waals surface area (Å²) in [4.78, 5) is 11.5. The van der Waals surface area contributed by atoms with Gasteiger partial charge in [0.15, 0.2) is 0 Å². The third-order valence-corrected chi connectivity index (χ3v) is 4.10. The van der Waals surface area contributed by atoms with E-state index in [1.54, 1.807) is 4.68 Å². The lowest BCUT2D eigenvalue weighted by Crippen LogP contribution is -2.11. The van der Waals surface area contributed by atoms with E-state index >= 15 is 0 Å². The van der Waals surface area contributed by atoms with E-state index in [0.29, 0.717) is 18.9 Å². The molecule has 0 spiro atoms. The third-order valence-electron chi connectivity index (χ3n) is 4.10. The van der Waals surface area contributed by atoms with Gasteiger partial charge in [-0.15, -0.1) is 0 Å². The largest absolute Gasteiger partial charge is 0.477 e. The summed E-state index contributed by atoms with van der Waals surface area (Å²) in [5.74, 6) is -0.463. The van der Waals surface area contributed by atoms with Crippen molar-refractivity contribution in [1.29, 1.82) is 0 Å². The van der Waals surface area contributed by atoms with Crippen LogP contribution in [0.4, 0.5) is 5.82 Å². The summed E-state index contributed by atoms with van der Waals surface area (Å²) < 4.78 is 1.70. The highest BCUT2D eigenvalue weighted by molar-refractivity contribution is 5.93. The molecule has 1 heterocycles. The van der Waals surface area contributed by atoms with Crippen molar-refractivity contribution in [2.75, 3.05) is 5.32 Å². The summed E-state index contributed by atoms with van der Waals surface area (Å²) in [5.41, 5.74) is 4.72. The van der Waals surface area contributed by atoms with Gasteiger partial charge < -0.3 is 10.4 Å². The molecule has 0 saturated heterocycles. The number of carboxylic acids is 1. The number of carboxylic acid groups (broad SMARTS) is 1. The van der Waals surface area contributed by atoms with Crippen LogP contribution in [0.25, 0.3) is 0 Å². The molecule has 5 nitrogen and oxygen atoms in total. The Labute approximate surface area is 146 Å². The smallest absolute Gasteiger partial charge is 0.341 e. The van der Waals surface area contributed by atoms with Crippen LogP contribution >= 0.6 is 0 Å². The number of hydrogen-bond acceptors (Lipinski definition) is 3. The molecule has 5 heteroatoms. The quantitative estimate of drug-likeness (QED) is 0.718. The fourth-order valence-electron chi connectivity index (χ4n) is 2.61. The average Bonchev–Trinajstić information content (AvgIpc) is 2.99. The highest BCUT2D eigenvalue weighted by Gasteiger charge is 2.16. The van der Waals surface area contributed by atoms with Gasteiger partial charge in [-0.25, -0.2) is 9.48 Å². The molecule has 0 radical (unpaired) electrons. The second-order valence-corrected chi connectivity index (χ2v) is 6.19. The molecule has 2 N–H and O–H groups in total. The predicted octanol–water partition coefficient (Wildman–Crippen LogP) is 3.86. The van der Waals surface area contributed by atoms with E-state index < -0.39 is 5.97 Å². The van der Waals surface area contributed by atoms with Gasteiger partial charge in [0.1, 0.15) is 11.4 Å². The normalized spacial score (nSPS) is 10.6. The van der Waals surface area contributed by atoms with Gasteiger partial charge in [0.2, 0.25) is 0 Å². The van der Waals surface area contributed by atoms with Crippen LogP contribution < -0.4 is 5.32 Å². The van der Waals surface area contributed by atoms with Crippen molar-refractivity contribution in [3.8, 4) is 0 Å².